The van der Waals surface area contributed by atoms with E-state index >= 15 is 0 Å². The van der Waals surface area contributed by atoms with Crippen molar-refractivity contribution in [2.24, 2.45) is 11.3 Å². The zero-order valence-electron chi connectivity index (χ0n) is 22.3. The number of pyridine rings is 1. The molecule has 0 N–H and O–H groups in total. The number of rotatable bonds is 2. The lowest BCUT2D eigenvalue weighted by atomic mass is 9.58. The van der Waals surface area contributed by atoms with Gasteiger partial charge >= 0.3 is 0 Å². The Morgan fingerprint density at radius 2 is 2.00 bits per heavy atom. The molecule has 2 saturated carbocycles. The molecule has 2 aromatic rings. The predicted molar refractivity (Wildman–Crippen MR) is 147 cm³/mol. The van der Waals surface area contributed by atoms with Crippen LogP contribution in [0, 0.1) is 11.3 Å². The van der Waals surface area contributed by atoms with E-state index in [9.17, 15) is 0 Å². The van der Waals surface area contributed by atoms with E-state index in [1.165, 1.54) is 79.8 Å². The Balaban J connectivity index is 1.12. The van der Waals surface area contributed by atoms with Crippen LogP contribution < -0.4 is 0 Å². The first kappa shape index (κ1) is 22.9. The summed E-state index contributed by atoms with van der Waals surface area (Å²) in [5.41, 5.74) is 4.77. The minimum atomic E-state index is -0.0760. The number of ether oxygens (including phenoxy) is 2. The van der Waals surface area contributed by atoms with Gasteiger partial charge in [-0.25, -0.2) is 0 Å². The van der Waals surface area contributed by atoms with Gasteiger partial charge in [-0.15, -0.1) is 0 Å². The maximum atomic E-state index is 7.56. The van der Waals surface area contributed by atoms with Crippen LogP contribution in [0.3, 0.4) is 0 Å². The number of hydrogen-bond donors (Lipinski definition) is 0. The molecule has 1 aromatic heterocycles. The Kier molecular flexibility index (Phi) is 5.11. The van der Waals surface area contributed by atoms with Crippen molar-refractivity contribution in [2.75, 3.05) is 26.3 Å². The standard InChI is InChI=1S/C33H40N2O2/c1-31-11-9-27-20-26-5-6-28(35-15-2-17-36-18-16-35)21-32(26)12-13-33(27,37-32)30(31)8-7-29(31)24-4-3-23-10-14-34-22-25(23)19-24/h3-4,9-10,14,19-20,22,28-30H,2,5-8,11-13,15-18,21H2,1H3. The maximum Gasteiger partial charge on any atom is 0.0974 e. The smallest absolute Gasteiger partial charge is 0.0974 e. The third-order valence-electron chi connectivity index (χ3n) is 11.5. The SMILES string of the molecule is CC12CC=C3C=C4CCC(N5CCCOCC5)CC45CCC3(O5)C1CCC2c1ccc2ccncc2c1. The zero-order valence-corrected chi connectivity index (χ0v) is 22.3. The highest BCUT2D eigenvalue weighted by molar-refractivity contribution is 5.82. The third kappa shape index (κ3) is 3.28. The van der Waals surface area contributed by atoms with E-state index in [4.69, 9.17) is 9.47 Å². The summed E-state index contributed by atoms with van der Waals surface area (Å²) in [5, 5.41) is 2.56. The molecule has 0 amide bonds. The number of hydrogen-bond acceptors (Lipinski definition) is 4. The molecule has 3 aliphatic carbocycles. The van der Waals surface area contributed by atoms with Crippen molar-refractivity contribution in [1.82, 2.24) is 9.88 Å². The quantitative estimate of drug-likeness (QED) is 0.471. The van der Waals surface area contributed by atoms with Gasteiger partial charge in [-0.3, -0.25) is 9.88 Å². The molecule has 3 aliphatic heterocycles. The molecule has 4 heterocycles. The number of fused-ring (bicyclic) bond motifs is 2. The van der Waals surface area contributed by atoms with Gasteiger partial charge in [0.1, 0.15) is 0 Å². The summed E-state index contributed by atoms with van der Waals surface area (Å²) in [6.07, 6.45) is 20.1. The predicted octanol–water partition coefficient (Wildman–Crippen LogP) is 6.57. The largest absolute Gasteiger partial charge is 0.380 e. The van der Waals surface area contributed by atoms with Crippen LogP contribution in [0.25, 0.3) is 10.8 Å². The average molecular weight is 497 g/mol. The van der Waals surface area contributed by atoms with E-state index in [0.717, 1.165) is 26.2 Å². The zero-order chi connectivity index (χ0) is 24.7. The van der Waals surface area contributed by atoms with Gasteiger partial charge in [0, 0.05) is 43.5 Å². The summed E-state index contributed by atoms with van der Waals surface area (Å²) < 4.78 is 13.3. The minimum absolute atomic E-state index is 0.0294. The third-order valence-corrected chi connectivity index (χ3v) is 11.5. The van der Waals surface area contributed by atoms with Crippen LogP contribution in [0.5, 0.6) is 0 Å². The van der Waals surface area contributed by atoms with Crippen molar-refractivity contribution >= 4 is 10.8 Å². The van der Waals surface area contributed by atoms with Crippen molar-refractivity contribution in [3.63, 3.8) is 0 Å². The molecule has 2 bridgehead atoms. The molecule has 2 saturated heterocycles. The van der Waals surface area contributed by atoms with Crippen LogP contribution in [0.2, 0.25) is 0 Å². The van der Waals surface area contributed by atoms with Crippen LogP contribution >= 0.6 is 0 Å². The normalized spacial score (nSPS) is 41.4. The molecule has 6 aliphatic rings. The monoisotopic (exact) mass is 496 g/mol. The summed E-state index contributed by atoms with van der Waals surface area (Å²) >= 11 is 0. The first-order valence-corrected chi connectivity index (χ1v) is 14.9. The summed E-state index contributed by atoms with van der Waals surface area (Å²) in [5.74, 6) is 1.18. The lowest BCUT2D eigenvalue weighted by molar-refractivity contribution is -0.140. The van der Waals surface area contributed by atoms with Gasteiger partial charge in [0.15, 0.2) is 0 Å². The molecule has 4 fully saturated rings. The van der Waals surface area contributed by atoms with Crippen LogP contribution in [0.4, 0.5) is 0 Å². The van der Waals surface area contributed by atoms with Crippen LogP contribution in [0.15, 0.2) is 60.0 Å². The van der Waals surface area contributed by atoms with Crippen LogP contribution in [-0.2, 0) is 9.47 Å². The molecular formula is C33H40N2O2. The van der Waals surface area contributed by atoms with Crippen molar-refractivity contribution in [3.8, 4) is 0 Å². The molecule has 0 radical (unpaired) electrons. The molecule has 6 atom stereocenters. The lowest BCUT2D eigenvalue weighted by Gasteiger charge is -2.55. The fraction of sp³-hybridized carbons (Fsp3) is 0.606. The Labute approximate surface area is 221 Å². The maximum absolute atomic E-state index is 7.56. The van der Waals surface area contributed by atoms with Crippen molar-refractivity contribution < 1.29 is 9.47 Å². The Bertz CT molecular complexity index is 1290. The fourth-order valence-corrected chi connectivity index (χ4v) is 9.69. The molecule has 2 spiro atoms. The Hall–Kier alpha value is -2.01. The van der Waals surface area contributed by atoms with Gasteiger partial charge in [-0.1, -0.05) is 31.2 Å². The highest BCUT2D eigenvalue weighted by Gasteiger charge is 2.66. The van der Waals surface area contributed by atoms with Crippen LogP contribution in [0.1, 0.15) is 76.2 Å². The molecule has 8 rings (SSSR count). The van der Waals surface area contributed by atoms with Crippen LogP contribution in [-0.4, -0.2) is 53.4 Å². The highest BCUT2D eigenvalue weighted by Crippen LogP contribution is 2.69. The number of aromatic nitrogens is 1. The highest BCUT2D eigenvalue weighted by atomic mass is 16.5. The molecular weight excluding hydrogens is 456 g/mol. The summed E-state index contributed by atoms with van der Waals surface area (Å²) in [6, 6.07) is 9.88. The second-order valence-electron chi connectivity index (χ2n) is 13.1. The fourth-order valence-electron chi connectivity index (χ4n) is 9.69. The first-order chi connectivity index (χ1) is 18.1. The average Bonchev–Trinajstić information content (AvgIpc) is 3.28. The van der Waals surface area contributed by atoms with Gasteiger partial charge < -0.3 is 9.47 Å². The second kappa shape index (κ2) is 8.24. The van der Waals surface area contributed by atoms with Gasteiger partial charge in [-0.05, 0) is 109 Å². The van der Waals surface area contributed by atoms with Crippen molar-refractivity contribution in [2.45, 2.75) is 87.9 Å². The van der Waals surface area contributed by atoms with Crippen molar-refractivity contribution in [1.29, 1.82) is 0 Å². The van der Waals surface area contributed by atoms with E-state index < -0.39 is 0 Å². The lowest BCUT2D eigenvalue weighted by Crippen LogP contribution is -2.55. The molecule has 194 valence electrons. The van der Waals surface area contributed by atoms with Gasteiger partial charge in [0.2, 0.25) is 0 Å². The Morgan fingerprint density at radius 1 is 1.03 bits per heavy atom. The molecule has 37 heavy (non-hydrogen) atoms. The van der Waals surface area contributed by atoms with E-state index in [2.05, 4.69) is 53.2 Å². The number of allylic oxidation sites excluding steroid dienone is 1. The van der Waals surface area contributed by atoms with Crippen molar-refractivity contribution in [3.05, 3.63) is 65.5 Å². The molecule has 4 nitrogen and oxygen atoms in total. The molecule has 4 heteroatoms. The Morgan fingerprint density at radius 3 is 2.97 bits per heavy atom. The first-order valence-electron chi connectivity index (χ1n) is 14.9. The minimum Gasteiger partial charge on any atom is -0.380 e. The summed E-state index contributed by atoms with van der Waals surface area (Å²) in [7, 11) is 0. The van der Waals surface area contributed by atoms with Gasteiger partial charge in [0.25, 0.3) is 0 Å². The molecule has 1 aromatic carbocycles. The summed E-state index contributed by atoms with van der Waals surface area (Å²) in [4.78, 5) is 7.13. The topological polar surface area (TPSA) is 34.6 Å². The van der Waals surface area contributed by atoms with Gasteiger partial charge in [0.05, 0.1) is 17.8 Å². The van der Waals surface area contributed by atoms with E-state index in [-0.39, 0.29) is 16.6 Å². The number of nitrogens with zero attached hydrogens (tertiary/aromatic N) is 2. The molecule has 6 unspecified atom stereocenters. The van der Waals surface area contributed by atoms with Gasteiger partial charge in [-0.2, -0.15) is 0 Å². The van der Waals surface area contributed by atoms with E-state index in [1.807, 2.05) is 12.4 Å². The van der Waals surface area contributed by atoms with E-state index in [1.54, 1.807) is 5.57 Å². The van der Waals surface area contributed by atoms with E-state index in [0.29, 0.717) is 17.9 Å². The second-order valence-corrected chi connectivity index (χ2v) is 13.1. The summed E-state index contributed by atoms with van der Waals surface area (Å²) in [6.45, 7) is 6.65. The number of benzene rings is 1.